The van der Waals surface area contributed by atoms with E-state index in [-0.39, 0.29) is 18.5 Å². The number of amides is 1. The highest BCUT2D eigenvalue weighted by molar-refractivity contribution is 5.76. The lowest BCUT2D eigenvalue weighted by Crippen LogP contribution is -2.45. The van der Waals surface area contributed by atoms with Gasteiger partial charge in [0, 0.05) is 12.8 Å². The Balaban J connectivity index is 3.30. The number of carbonyl (C=O) groups is 2. The summed E-state index contributed by atoms with van der Waals surface area (Å²) in [6.07, 6.45) is 94.9. The zero-order chi connectivity index (χ0) is 62.0. The van der Waals surface area contributed by atoms with Crippen molar-refractivity contribution in [2.45, 2.75) is 488 Å². The SMILES string of the molecule is CCCCCCCCCCCCCCCCCCCCCC(O)C(CO)NC(=O)CCCCCCCCCCCCCCCCCCCCCCCCCCCCCCCCCCOC(=O)CCCCCCCCCCCCCCCCCCCC. The fourth-order valence-electron chi connectivity index (χ4n) is 13.3. The zero-order valence-electron chi connectivity index (χ0n) is 59.1. The molecule has 514 valence electrons. The van der Waals surface area contributed by atoms with E-state index in [9.17, 15) is 19.8 Å². The monoisotopic (exact) mass is 1210 g/mol. The van der Waals surface area contributed by atoms with Crippen LogP contribution in [0.2, 0.25) is 0 Å². The van der Waals surface area contributed by atoms with Crippen molar-refractivity contribution in [1.29, 1.82) is 0 Å². The van der Waals surface area contributed by atoms with E-state index < -0.39 is 12.1 Å². The molecule has 0 aromatic carbocycles. The summed E-state index contributed by atoms with van der Waals surface area (Å²) in [6.45, 7) is 5.02. The molecular weight excluding hydrogens is 1050 g/mol. The molecule has 0 aromatic rings. The summed E-state index contributed by atoms with van der Waals surface area (Å²) >= 11 is 0. The Morgan fingerprint density at radius 2 is 0.477 bits per heavy atom. The molecule has 0 aliphatic carbocycles. The average Bonchev–Trinajstić information content (AvgIpc) is 3.54. The lowest BCUT2D eigenvalue weighted by molar-refractivity contribution is -0.143. The van der Waals surface area contributed by atoms with Crippen molar-refractivity contribution in [3.05, 3.63) is 0 Å². The predicted octanol–water partition coefficient (Wildman–Crippen LogP) is 26.5. The van der Waals surface area contributed by atoms with Crippen molar-refractivity contribution < 1.29 is 24.5 Å². The third-order valence-corrected chi connectivity index (χ3v) is 19.4. The number of carbonyl (C=O) groups excluding carboxylic acids is 2. The van der Waals surface area contributed by atoms with Gasteiger partial charge in [0.2, 0.25) is 5.91 Å². The molecule has 6 nitrogen and oxygen atoms in total. The second-order valence-electron chi connectivity index (χ2n) is 28.1. The van der Waals surface area contributed by atoms with Crippen LogP contribution in [-0.2, 0) is 14.3 Å². The first kappa shape index (κ1) is 84.9. The van der Waals surface area contributed by atoms with Gasteiger partial charge in [-0.15, -0.1) is 0 Å². The Hall–Kier alpha value is -1.14. The van der Waals surface area contributed by atoms with Crippen LogP contribution >= 0.6 is 0 Å². The van der Waals surface area contributed by atoms with Gasteiger partial charge in [-0.2, -0.15) is 0 Å². The minimum atomic E-state index is -0.661. The van der Waals surface area contributed by atoms with Crippen LogP contribution in [0.25, 0.3) is 0 Å². The van der Waals surface area contributed by atoms with Crippen molar-refractivity contribution in [3.8, 4) is 0 Å². The molecule has 86 heavy (non-hydrogen) atoms. The van der Waals surface area contributed by atoms with Crippen molar-refractivity contribution in [1.82, 2.24) is 5.32 Å². The van der Waals surface area contributed by atoms with Gasteiger partial charge >= 0.3 is 5.97 Å². The van der Waals surface area contributed by atoms with Gasteiger partial charge in [0.05, 0.1) is 25.4 Å². The molecule has 0 aliphatic heterocycles. The first-order valence-corrected chi connectivity index (χ1v) is 40.3. The molecule has 0 aromatic heterocycles. The van der Waals surface area contributed by atoms with E-state index in [2.05, 4.69) is 19.2 Å². The summed E-state index contributed by atoms with van der Waals surface area (Å²) in [5, 5.41) is 23.4. The lowest BCUT2D eigenvalue weighted by Gasteiger charge is -2.22. The summed E-state index contributed by atoms with van der Waals surface area (Å²) in [6, 6.07) is -0.538. The van der Waals surface area contributed by atoms with Crippen molar-refractivity contribution in [2.24, 2.45) is 0 Å². The van der Waals surface area contributed by atoms with Gasteiger partial charge in [-0.3, -0.25) is 9.59 Å². The van der Waals surface area contributed by atoms with Gasteiger partial charge in [0.15, 0.2) is 0 Å². The summed E-state index contributed by atoms with van der Waals surface area (Å²) < 4.78 is 5.52. The molecule has 0 saturated heterocycles. The van der Waals surface area contributed by atoms with Crippen LogP contribution in [0.3, 0.4) is 0 Å². The smallest absolute Gasteiger partial charge is 0.305 e. The van der Waals surface area contributed by atoms with Crippen LogP contribution in [0.4, 0.5) is 0 Å². The molecular formula is C80H159NO5. The Bertz CT molecular complexity index is 1260. The molecule has 2 atom stereocenters. The Labute approximate surface area is 540 Å². The van der Waals surface area contributed by atoms with Gasteiger partial charge in [-0.1, -0.05) is 438 Å². The number of unbranched alkanes of at least 4 members (excludes halogenated alkanes) is 66. The lowest BCUT2D eigenvalue weighted by atomic mass is 10.0. The van der Waals surface area contributed by atoms with E-state index in [0.29, 0.717) is 25.9 Å². The largest absolute Gasteiger partial charge is 0.466 e. The number of nitrogens with one attached hydrogen (secondary N) is 1. The van der Waals surface area contributed by atoms with Crippen molar-refractivity contribution in [3.63, 3.8) is 0 Å². The molecule has 3 N–H and O–H groups in total. The van der Waals surface area contributed by atoms with Crippen LogP contribution in [-0.4, -0.2) is 47.4 Å². The fourth-order valence-corrected chi connectivity index (χ4v) is 13.3. The topological polar surface area (TPSA) is 95.9 Å². The van der Waals surface area contributed by atoms with Gasteiger partial charge in [0.1, 0.15) is 0 Å². The van der Waals surface area contributed by atoms with E-state index in [0.717, 1.165) is 38.5 Å². The molecule has 1 amide bonds. The maximum absolute atomic E-state index is 12.6. The van der Waals surface area contributed by atoms with Gasteiger partial charge in [-0.25, -0.2) is 0 Å². The third kappa shape index (κ3) is 71.9. The van der Waals surface area contributed by atoms with E-state index in [4.69, 9.17) is 4.74 Å². The molecule has 0 saturated carbocycles. The number of aliphatic hydroxyl groups is 2. The van der Waals surface area contributed by atoms with E-state index in [1.54, 1.807) is 0 Å². The van der Waals surface area contributed by atoms with Crippen LogP contribution in [0, 0.1) is 0 Å². The maximum atomic E-state index is 12.6. The molecule has 0 fully saturated rings. The summed E-state index contributed by atoms with van der Waals surface area (Å²) in [7, 11) is 0. The maximum Gasteiger partial charge on any atom is 0.305 e. The fraction of sp³-hybridized carbons (Fsp3) is 0.975. The number of rotatable bonds is 77. The minimum Gasteiger partial charge on any atom is -0.466 e. The number of hydrogen-bond acceptors (Lipinski definition) is 5. The predicted molar refractivity (Wildman–Crippen MR) is 380 cm³/mol. The van der Waals surface area contributed by atoms with Crippen molar-refractivity contribution >= 4 is 11.9 Å². The number of ether oxygens (including phenoxy) is 1. The molecule has 0 radical (unpaired) electrons. The number of hydrogen-bond donors (Lipinski definition) is 3. The second-order valence-corrected chi connectivity index (χ2v) is 28.1. The standard InChI is InChI=1S/C80H159NO5/c1-3-5-7-9-11-13-15-17-19-21-37-40-44-48-52-56-60-64-68-72-78(83)77(76-82)81-79(84)73-69-65-61-57-53-49-45-41-38-35-33-31-29-27-25-23-24-26-28-30-32-34-36-39-43-47-51-55-59-63-67-71-75-86-80(85)74-70-66-62-58-54-50-46-42-22-20-18-16-14-12-10-8-6-4-2/h77-78,82-83H,3-76H2,1-2H3,(H,81,84). The highest BCUT2D eigenvalue weighted by Crippen LogP contribution is 2.21. The van der Waals surface area contributed by atoms with E-state index in [1.165, 1.54) is 405 Å². The Kier molecular flexibility index (Phi) is 75.3. The number of aliphatic hydroxyl groups excluding tert-OH is 2. The van der Waals surface area contributed by atoms with Gasteiger partial charge in [-0.05, 0) is 25.7 Å². The number of esters is 1. The summed E-state index contributed by atoms with van der Waals surface area (Å²) in [5.41, 5.74) is 0. The highest BCUT2D eigenvalue weighted by Gasteiger charge is 2.20. The molecule has 0 spiro atoms. The van der Waals surface area contributed by atoms with Crippen LogP contribution in [0.1, 0.15) is 476 Å². The molecule has 6 heteroatoms. The van der Waals surface area contributed by atoms with Crippen LogP contribution in [0.15, 0.2) is 0 Å². The Morgan fingerprint density at radius 3 is 0.709 bits per heavy atom. The van der Waals surface area contributed by atoms with Crippen molar-refractivity contribution in [2.75, 3.05) is 13.2 Å². The van der Waals surface area contributed by atoms with E-state index >= 15 is 0 Å². The Morgan fingerprint density at radius 1 is 0.279 bits per heavy atom. The van der Waals surface area contributed by atoms with Crippen LogP contribution in [0.5, 0.6) is 0 Å². The molecule has 0 rings (SSSR count). The molecule has 0 heterocycles. The molecule has 2 unspecified atom stereocenters. The summed E-state index contributed by atoms with van der Waals surface area (Å²) in [4.78, 5) is 24.7. The normalized spacial score (nSPS) is 12.4. The summed E-state index contributed by atoms with van der Waals surface area (Å²) in [5.74, 6) is 0.00249. The minimum absolute atomic E-state index is 0.0247. The first-order valence-electron chi connectivity index (χ1n) is 40.3. The van der Waals surface area contributed by atoms with Gasteiger partial charge in [0.25, 0.3) is 0 Å². The third-order valence-electron chi connectivity index (χ3n) is 19.4. The highest BCUT2D eigenvalue weighted by atomic mass is 16.5. The van der Waals surface area contributed by atoms with E-state index in [1.807, 2.05) is 0 Å². The quantitative estimate of drug-likeness (QED) is 0.0417. The zero-order valence-corrected chi connectivity index (χ0v) is 59.1. The first-order chi connectivity index (χ1) is 42.5. The second kappa shape index (κ2) is 76.3. The molecule has 0 bridgehead atoms. The van der Waals surface area contributed by atoms with Crippen LogP contribution < -0.4 is 5.32 Å². The molecule has 0 aliphatic rings. The average molecular weight is 1220 g/mol. The van der Waals surface area contributed by atoms with Gasteiger partial charge < -0.3 is 20.3 Å².